The fourth-order valence-corrected chi connectivity index (χ4v) is 3.83. The van der Waals surface area contributed by atoms with Gasteiger partial charge in [0.1, 0.15) is 5.75 Å². The van der Waals surface area contributed by atoms with Crippen LogP contribution in [0.3, 0.4) is 0 Å². The molecule has 2 N–H and O–H groups in total. The van der Waals surface area contributed by atoms with E-state index in [0.29, 0.717) is 35.8 Å². The number of aromatic nitrogens is 1. The third-order valence-corrected chi connectivity index (χ3v) is 5.50. The molecule has 0 spiro atoms. The van der Waals surface area contributed by atoms with E-state index in [4.69, 9.17) is 4.74 Å². The first-order valence-electron chi connectivity index (χ1n) is 11.2. The minimum Gasteiger partial charge on any atom is -0.492 e. The molecule has 34 heavy (non-hydrogen) atoms. The van der Waals surface area contributed by atoms with Crippen molar-refractivity contribution in [3.63, 3.8) is 0 Å². The van der Waals surface area contributed by atoms with Crippen LogP contribution in [-0.2, 0) is 16.1 Å². The maximum Gasteiger partial charge on any atom is 0.251 e. The van der Waals surface area contributed by atoms with Crippen molar-refractivity contribution in [3.05, 3.63) is 84.2 Å². The standard InChI is InChI=1S/C26H26N4O4/c1-2-34-23-12-4-3-11-22(23)30-17-19(15-24(30)31)26(33)29-20-10-7-8-18(14-20)25(32)28-16-21-9-5-6-13-27-21/h3-14,19H,2,15-17H2,1H3,(H,28,32)(H,29,33). The summed E-state index contributed by atoms with van der Waals surface area (Å²) in [6, 6.07) is 19.5. The molecule has 1 saturated heterocycles. The lowest BCUT2D eigenvalue weighted by Crippen LogP contribution is -2.28. The summed E-state index contributed by atoms with van der Waals surface area (Å²) in [5.41, 5.74) is 2.33. The molecule has 0 saturated carbocycles. The number of ether oxygens (including phenoxy) is 1. The van der Waals surface area contributed by atoms with Crippen LogP contribution in [0.2, 0.25) is 0 Å². The number of carbonyl (C=O) groups excluding carboxylic acids is 3. The first-order chi connectivity index (χ1) is 16.5. The maximum atomic E-state index is 12.9. The highest BCUT2D eigenvalue weighted by atomic mass is 16.5. The van der Waals surface area contributed by atoms with Crippen molar-refractivity contribution in [2.75, 3.05) is 23.4 Å². The molecule has 1 aliphatic heterocycles. The number of amides is 3. The van der Waals surface area contributed by atoms with Crippen molar-refractivity contribution < 1.29 is 19.1 Å². The average molecular weight is 459 g/mol. The Hall–Kier alpha value is -4.20. The molecule has 1 aromatic heterocycles. The smallest absolute Gasteiger partial charge is 0.251 e. The van der Waals surface area contributed by atoms with E-state index in [1.165, 1.54) is 0 Å². The molecule has 2 aromatic carbocycles. The summed E-state index contributed by atoms with van der Waals surface area (Å²) >= 11 is 0. The third-order valence-electron chi connectivity index (χ3n) is 5.50. The zero-order valence-electron chi connectivity index (χ0n) is 18.9. The first kappa shape index (κ1) is 23.0. The summed E-state index contributed by atoms with van der Waals surface area (Å²) in [4.78, 5) is 43.9. The molecule has 1 aliphatic rings. The molecule has 2 heterocycles. The number of rotatable bonds is 8. The van der Waals surface area contributed by atoms with Gasteiger partial charge in [-0.15, -0.1) is 0 Å². The Bertz CT molecular complexity index is 1180. The van der Waals surface area contributed by atoms with E-state index in [2.05, 4.69) is 15.6 Å². The summed E-state index contributed by atoms with van der Waals surface area (Å²) in [6.45, 7) is 2.93. The molecule has 1 unspecified atom stereocenters. The van der Waals surface area contributed by atoms with Gasteiger partial charge in [0.05, 0.1) is 30.5 Å². The lowest BCUT2D eigenvalue weighted by atomic mass is 10.1. The van der Waals surface area contributed by atoms with E-state index in [-0.39, 0.29) is 30.7 Å². The number of benzene rings is 2. The molecule has 1 fully saturated rings. The van der Waals surface area contributed by atoms with Crippen LogP contribution in [0.4, 0.5) is 11.4 Å². The van der Waals surface area contributed by atoms with Crippen molar-refractivity contribution in [2.24, 2.45) is 5.92 Å². The van der Waals surface area contributed by atoms with Gasteiger partial charge in [0.15, 0.2) is 0 Å². The molecule has 0 radical (unpaired) electrons. The molecule has 0 bridgehead atoms. The number of nitrogens with zero attached hydrogens (tertiary/aromatic N) is 2. The number of anilines is 2. The Morgan fingerprint density at radius 3 is 2.71 bits per heavy atom. The van der Waals surface area contributed by atoms with Crippen LogP contribution in [0.1, 0.15) is 29.4 Å². The van der Waals surface area contributed by atoms with Crippen LogP contribution in [0.5, 0.6) is 5.75 Å². The van der Waals surface area contributed by atoms with Gasteiger partial charge in [-0.1, -0.05) is 24.3 Å². The molecule has 8 nitrogen and oxygen atoms in total. The predicted molar refractivity (Wildman–Crippen MR) is 129 cm³/mol. The monoisotopic (exact) mass is 458 g/mol. The summed E-state index contributed by atoms with van der Waals surface area (Å²) in [5.74, 6) is -0.560. The van der Waals surface area contributed by atoms with E-state index in [0.717, 1.165) is 5.69 Å². The van der Waals surface area contributed by atoms with Crippen LogP contribution < -0.4 is 20.3 Å². The van der Waals surface area contributed by atoms with Gasteiger partial charge in [-0.2, -0.15) is 0 Å². The van der Waals surface area contributed by atoms with Crippen molar-refractivity contribution >= 4 is 29.1 Å². The SMILES string of the molecule is CCOc1ccccc1N1CC(C(=O)Nc2cccc(C(=O)NCc3ccccn3)c2)CC1=O. The Morgan fingerprint density at radius 1 is 1.09 bits per heavy atom. The highest BCUT2D eigenvalue weighted by molar-refractivity contribution is 6.04. The van der Waals surface area contributed by atoms with Crippen LogP contribution in [-0.4, -0.2) is 35.9 Å². The zero-order chi connectivity index (χ0) is 23.9. The van der Waals surface area contributed by atoms with Gasteiger partial charge < -0.3 is 20.3 Å². The Labute approximate surface area is 198 Å². The van der Waals surface area contributed by atoms with Gasteiger partial charge in [-0.05, 0) is 49.4 Å². The Morgan fingerprint density at radius 2 is 1.91 bits per heavy atom. The minimum absolute atomic E-state index is 0.108. The summed E-state index contributed by atoms with van der Waals surface area (Å²) < 4.78 is 5.64. The van der Waals surface area contributed by atoms with Crippen molar-refractivity contribution in [1.29, 1.82) is 0 Å². The van der Waals surface area contributed by atoms with Crippen LogP contribution in [0.25, 0.3) is 0 Å². The van der Waals surface area contributed by atoms with Crippen molar-refractivity contribution in [2.45, 2.75) is 19.9 Å². The molecule has 3 amide bonds. The predicted octanol–water partition coefficient (Wildman–Crippen LogP) is 3.40. The quantitative estimate of drug-likeness (QED) is 0.539. The van der Waals surface area contributed by atoms with Gasteiger partial charge in [0.2, 0.25) is 11.8 Å². The van der Waals surface area contributed by atoms with Crippen molar-refractivity contribution in [3.8, 4) is 5.75 Å². The summed E-state index contributed by atoms with van der Waals surface area (Å²) in [6.07, 6.45) is 1.78. The number of hydrogen-bond donors (Lipinski definition) is 2. The second-order valence-electron chi connectivity index (χ2n) is 7.88. The number of nitrogens with one attached hydrogen (secondary N) is 2. The van der Waals surface area contributed by atoms with Crippen LogP contribution in [0.15, 0.2) is 72.9 Å². The maximum absolute atomic E-state index is 12.9. The lowest BCUT2D eigenvalue weighted by Gasteiger charge is -2.20. The first-order valence-corrected chi connectivity index (χ1v) is 11.2. The highest BCUT2D eigenvalue weighted by Crippen LogP contribution is 2.33. The molecular formula is C26H26N4O4. The van der Waals surface area contributed by atoms with Gasteiger partial charge in [0.25, 0.3) is 5.91 Å². The largest absolute Gasteiger partial charge is 0.492 e. The van der Waals surface area contributed by atoms with Gasteiger partial charge in [-0.25, -0.2) is 0 Å². The van der Waals surface area contributed by atoms with E-state index >= 15 is 0 Å². The number of hydrogen-bond acceptors (Lipinski definition) is 5. The number of pyridine rings is 1. The lowest BCUT2D eigenvalue weighted by molar-refractivity contribution is -0.122. The second kappa shape index (κ2) is 10.6. The normalized spacial score (nSPS) is 15.1. The summed E-state index contributed by atoms with van der Waals surface area (Å²) in [5, 5.41) is 5.66. The summed E-state index contributed by atoms with van der Waals surface area (Å²) in [7, 11) is 0. The molecule has 4 rings (SSSR count). The fourth-order valence-electron chi connectivity index (χ4n) is 3.83. The van der Waals surface area contributed by atoms with E-state index in [1.54, 1.807) is 35.4 Å². The van der Waals surface area contributed by atoms with Crippen LogP contribution in [0, 0.1) is 5.92 Å². The molecule has 174 valence electrons. The Kier molecular flexibility index (Phi) is 7.17. The van der Waals surface area contributed by atoms with E-state index in [9.17, 15) is 14.4 Å². The topological polar surface area (TPSA) is 101 Å². The molecule has 0 aliphatic carbocycles. The van der Waals surface area contributed by atoms with Crippen LogP contribution >= 0.6 is 0 Å². The van der Waals surface area contributed by atoms with Gasteiger partial charge >= 0.3 is 0 Å². The Balaban J connectivity index is 1.38. The van der Waals surface area contributed by atoms with E-state index < -0.39 is 5.92 Å². The fraction of sp³-hybridized carbons (Fsp3) is 0.231. The minimum atomic E-state index is -0.510. The third kappa shape index (κ3) is 5.40. The van der Waals surface area contributed by atoms with Crippen molar-refractivity contribution in [1.82, 2.24) is 10.3 Å². The molecule has 3 aromatic rings. The average Bonchev–Trinajstić information content (AvgIpc) is 3.25. The molecule has 1 atom stereocenters. The number of carbonyl (C=O) groups is 3. The highest BCUT2D eigenvalue weighted by Gasteiger charge is 2.36. The number of para-hydroxylation sites is 2. The van der Waals surface area contributed by atoms with Gasteiger partial charge in [-0.3, -0.25) is 19.4 Å². The second-order valence-corrected chi connectivity index (χ2v) is 7.88. The zero-order valence-corrected chi connectivity index (χ0v) is 18.9. The molecule has 8 heteroatoms. The molecular weight excluding hydrogens is 432 g/mol. The van der Waals surface area contributed by atoms with E-state index in [1.807, 2.05) is 49.4 Å². The van der Waals surface area contributed by atoms with Gasteiger partial charge in [0, 0.05) is 30.4 Å².